The second-order valence-corrected chi connectivity index (χ2v) is 5.52. The number of morpholine rings is 1. The van der Waals surface area contributed by atoms with Crippen LogP contribution in [-0.4, -0.2) is 54.4 Å². The van der Waals surface area contributed by atoms with E-state index in [2.05, 4.69) is 5.32 Å². The molecule has 0 bridgehead atoms. The van der Waals surface area contributed by atoms with E-state index in [1.165, 1.54) is 0 Å². The molecule has 2 unspecified atom stereocenters. The molecule has 21 heavy (non-hydrogen) atoms. The maximum absolute atomic E-state index is 12.9. The number of ether oxygens (including phenoxy) is 1. The Morgan fingerprint density at radius 3 is 2.95 bits per heavy atom. The first-order valence-corrected chi connectivity index (χ1v) is 7.44. The Labute approximate surface area is 125 Å². The summed E-state index contributed by atoms with van der Waals surface area (Å²) in [6.07, 6.45) is -0.294. The third-order valence-corrected chi connectivity index (χ3v) is 3.74. The van der Waals surface area contributed by atoms with Crippen molar-refractivity contribution in [3.63, 3.8) is 0 Å². The van der Waals surface area contributed by atoms with Crippen LogP contribution < -0.4 is 5.32 Å². The van der Waals surface area contributed by atoms with Crippen LogP contribution in [0.3, 0.4) is 0 Å². The lowest BCUT2D eigenvalue weighted by molar-refractivity contribution is -0.0667. The van der Waals surface area contributed by atoms with Crippen molar-refractivity contribution in [1.29, 1.82) is 0 Å². The molecule has 2 atom stereocenters. The van der Waals surface area contributed by atoms with Gasteiger partial charge in [0.05, 0.1) is 30.9 Å². The highest BCUT2D eigenvalue weighted by Gasteiger charge is 2.30. The Hall–Kier alpha value is -1.59. The third-order valence-electron chi connectivity index (χ3n) is 3.74. The molecule has 1 aliphatic heterocycles. The second-order valence-electron chi connectivity index (χ2n) is 5.52. The fourth-order valence-electron chi connectivity index (χ4n) is 2.55. The van der Waals surface area contributed by atoms with Gasteiger partial charge in [-0.05, 0) is 32.9 Å². The van der Waals surface area contributed by atoms with E-state index in [1.807, 2.05) is 39.0 Å². The molecule has 2 rings (SSSR count). The number of hydrogen-bond donors (Lipinski definition) is 2. The number of hydrogen-bond acceptors (Lipinski definition) is 4. The maximum atomic E-state index is 12.9. The van der Waals surface area contributed by atoms with E-state index in [0.717, 1.165) is 17.8 Å². The number of nitrogens with one attached hydrogen (secondary N) is 1. The molecule has 0 saturated carbocycles. The van der Waals surface area contributed by atoms with Gasteiger partial charge in [0, 0.05) is 18.8 Å². The van der Waals surface area contributed by atoms with Gasteiger partial charge in [0.15, 0.2) is 0 Å². The summed E-state index contributed by atoms with van der Waals surface area (Å²) < 4.78 is 5.50. The first kappa shape index (κ1) is 15.8. The fourth-order valence-corrected chi connectivity index (χ4v) is 2.55. The number of rotatable bonds is 4. The summed E-state index contributed by atoms with van der Waals surface area (Å²) in [7, 11) is 0. The molecule has 1 fully saturated rings. The lowest BCUT2D eigenvalue weighted by Crippen LogP contribution is -2.52. The van der Waals surface area contributed by atoms with Gasteiger partial charge in [0.25, 0.3) is 5.91 Å². The summed E-state index contributed by atoms with van der Waals surface area (Å²) in [6.45, 7) is 7.54. The Morgan fingerprint density at radius 1 is 1.52 bits per heavy atom. The maximum Gasteiger partial charge on any atom is 0.256 e. The lowest BCUT2D eigenvalue weighted by Gasteiger charge is -2.37. The summed E-state index contributed by atoms with van der Waals surface area (Å²) in [6, 6.07) is 5.86. The van der Waals surface area contributed by atoms with Crippen LogP contribution in [0.5, 0.6) is 0 Å². The first-order chi connectivity index (χ1) is 10.1. The smallest absolute Gasteiger partial charge is 0.256 e. The summed E-state index contributed by atoms with van der Waals surface area (Å²) in [5.74, 6) is -0.0103. The Bertz CT molecular complexity index is 504. The highest BCUT2D eigenvalue weighted by molar-refractivity contribution is 6.00. The number of nitrogens with zero attached hydrogens (tertiary/aromatic N) is 1. The Morgan fingerprint density at radius 2 is 2.29 bits per heavy atom. The monoisotopic (exact) mass is 292 g/mol. The molecule has 0 aromatic heterocycles. The zero-order valence-electron chi connectivity index (χ0n) is 12.9. The summed E-state index contributed by atoms with van der Waals surface area (Å²) in [5.41, 5.74) is 2.59. The predicted molar refractivity (Wildman–Crippen MR) is 82.7 cm³/mol. The lowest BCUT2D eigenvalue weighted by atomic mass is 10.1. The molecule has 116 valence electrons. The van der Waals surface area contributed by atoms with E-state index in [0.29, 0.717) is 18.7 Å². The van der Waals surface area contributed by atoms with Crippen molar-refractivity contribution < 1.29 is 14.6 Å². The first-order valence-electron chi connectivity index (χ1n) is 7.44. The minimum absolute atomic E-state index is 0.00953. The van der Waals surface area contributed by atoms with Gasteiger partial charge >= 0.3 is 0 Å². The average Bonchev–Trinajstić information content (AvgIpc) is 2.49. The van der Waals surface area contributed by atoms with Gasteiger partial charge in [-0.3, -0.25) is 4.79 Å². The average molecular weight is 292 g/mol. The van der Waals surface area contributed by atoms with Crippen LogP contribution in [0.2, 0.25) is 0 Å². The number of amides is 1. The molecule has 1 aliphatic rings. The van der Waals surface area contributed by atoms with Crippen LogP contribution in [0.1, 0.15) is 29.8 Å². The fraction of sp³-hybridized carbons (Fsp3) is 0.562. The topological polar surface area (TPSA) is 61.8 Å². The molecule has 1 aromatic rings. The van der Waals surface area contributed by atoms with Gasteiger partial charge in [0.2, 0.25) is 0 Å². The molecule has 2 N–H and O–H groups in total. The Kier molecular flexibility index (Phi) is 5.20. The van der Waals surface area contributed by atoms with Crippen LogP contribution in [0.15, 0.2) is 18.2 Å². The van der Waals surface area contributed by atoms with Crippen molar-refractivity contribution >= 4 is 11.6 Å². The molecule has 0 radical (unpaired) electrons. The van der Waals surface area contributed by atoms with E-state index in [4.69, 9.17) is 4.74 Å². The zero-order valence-corrected chi connectivity index (χ0v) is 12.9. The van der Waals surface area contributed by atoms with Gasteiger partial charge in [0.1, 0.15) is 0 Å². The van der Waals surface area contributed by atoms with E-state index in [9.17, 15) is 9.90 Å². The molecule has 1 aromatic carbocycles. The number of carbonyl (C=O) groups is 1. The van der Waals surface area contributed by atoms with Crippen LogP contribution in [0, 0.1) is 6.92 Å². The molecule has 1 heterocycles. The minimum atomic E-state index is -0.294. The quantitative estimate of drug-likeness (QED) is 0.886. The van der Waals surface area contributed by atoms with Crippen molar-refractivity contribution in [3.05, 3.63) is 29.3 Å². The molecule has 1 saturated heterocycles. The number of aryl methyl sites for hydroxylation is 1. The van der Waals surface area contributed by atoms with Crippen molar-refractivity contribution in [3.8, 4) is 0 Å². The molecule has 5 heteroatoms. The van der Waals surface area contributed by atoms with E-state index in [1.54, 1.807) is 4.90 Å². The number of aliphatic hydroxyl groups is 1. The van der Waals surface area contributed by atoms with Crippen LogP contribution in [0.25, 0.3) is 0 Å². The molecule has 5 nitrogen and oxygen atoms in total. The van der Waals surface area contributed by atoms with Crippen molar-refractivity contribution in [2.75, 3.05) is 31.6 Å². The summed E-state index contributed by atoms with van der Waals surface area (Å²) in [4.78, 5) is 14.7. The van der Waals surface area contributed by atoms with Gasteiger partial charge < -0.3 is 20.1 Å². The number of benzene rings is 1. The molecular weight excluding hydrogens is 268 g/mol. The molecular formula is C16H24N2O3. The van der Waals surface area contributed by atoms with E-state index in [-0.39, 0.29) is 24.7 Å². The van der Waals surface area contributed by atoms with Crippen molar-refractivity contribution in [1.82, 2.24) is 4.90 Å². The highest BCUT2D eigenvalue weighted by atomic mass is 16.5. The second kappa shape index (κ2) is 6.91. The highest BCUT2D eigenvalue weighted by Crippen LogP contribution is 2.22. The molecule has 0 spiro atoms. The number of anilines is 1. The Balaban J connectivity index is 2.27. The number of aliphatic hydroxyl groups excluding tert-OH is 1. The molecule has 1 amide bonds. The third kappa shape index (κ3) is 3.54. The minimum Gasteiger partial charge on any atom is -0.394 e. The van der Waals surface area contributed by atoms with Gasteiger partial charge in [-0.15, -0.1) is 0 Å². The van der Waals surface area contributed by atoms with Crippen molar-refractivity contribution in [2.24, 2.45) is 0 Å². The van der Waals surface area contributed by atoms with Gasteiger partial charge in [-0.25, -0.2) is 0 Å². The van der Waals surface area contributed by atoms with Gasteiger partial charge in [-0.2, -0.15) is 0 Å². The van der Waals surface area contributed by atoms with Crippen LogP contribution in [-0.2, 0) is 4.74 Å². The number of carbonyl (C=O) groups excluding carboxylic acids is 1. The molecule has 0 aliphatic carbocycles. The summed E-state index contributed by atoms with van der Waals surface area (Å²) >= 11 is 0. The van der Waals surface area contributed by atoms with Crippen LogP contribution >= 0.6 is 0 Å². The van der Waals surface area contributed by atoms with E-state index >= 15 is 0 Å². The van der Waals surface area contributed by atoms with Crippen LogP contribution in [0.4, 0.5) is 5.69 Å². The summed E-state index contributed by atoms with van der Waals surface area (Å²) in [5, 5.41) is 12.5. The zero-order chi connectivity index (χ0) is 15.4. The van der Waals surface area contributed by atoms with Gasteiger partial charge in [-0.1, -0.05) is 11.6 Å². The van der Waals surface area contributed by atoms with E-state index < -0.39 is 0 Å². The predicted octanol–water partition coefficient (Wildman–Crippen LogP) is 1.65. The van der Waals surface area contributed by atoms with Crippen molar-refractivity contribution in [2.45, 2.75) is 32.9 Å². The standard InChI is InChI=1S/C16H24N2O3/c1-4-17-15-6-5-11(2)7-14(15)16(20)18-8-13(9-19)21-10-12(18)3/h5-7,12-13,17,19H,4,8-10H2,1-3H3. The normalized spacial score (nSPS) is 22.2. The SMILES string of the molecule is CCNc1ccc(C)cc1C(=O)N1CC(CO)OCC1C. The largest absolute Gasteiger partial charge is 0.394 e.